The number of hydrogen-bond donors (Lipinski definition) is 3. The number of aliphatic hydroxyl groups is 1. The van der Waals surface area contributed by atoms with Crippen LogP contribution in [-0.4, -0.2) is 57.8 Å². The highest BCUT2D eigenvalue weighted by molar-refractivity contribution is 6.30. The molecular weight excluding hydrogens is 468 g/mol. The fraction of sp³-hybridized carbons (Fsp3) is 0.240. The maximum Gasteiger partial charge on any atom is 0.254 e. The summed E-state index contributed by atoms with van der Waals surface area (Å²) in [5.41, 5.74) is 5.68. The van der Waals surface area contributed by atoms with Gasteiger partial charge in [-0.1, -0.05) is 17.7 Å². The Morgan fingerprint density at radius 2 is 2.09 bits per heavy atom. The second-order valence-electron chi connectivity index (χ2n) is 8.61. The van der Waals surface area contributed by atoms with E-state index in [2.05, 4.69) is 25.5 Å². The number of fused-ring (bicyclic) bond motifs is 2. The van der Waals surface area contributed by atoms with E-state index in [9.17, 15) is 9.90 Å². The van der Waals surface area contributed by atoms with Crippen molar-refractivity contribution in [3.63, 3.8) is 0 Å². The van der Waals surface area contributed by atoms with Crippen LogP contribution >= 0.6 is 11.6 Å². The van der Waals surface area contributed by atoms with E-state index in [0.29, 0.717) is 54.9 Å². The summed E-state index contributed by atoms with van der Waals surface area (Å²) >= 11 is 6.11. The van der Waals surface area contributed by atoms with Gasteiger partial charge in [0.05, 0.1) is 54.3 Å². The summed E-state index contributed by atoms with van der Waals surface area (Å²) in [6, 6.07) is 11.3. The van der Waals surface area contributed by atoms with Crippen LogP contribution in [0.2, 0.25) is 5.02 Å². The summed E-state index contributed by atoms with van der Waals surface area (Å²) in [7, 11) is 0. The Balaban J connectivity index is 1.30. The number of halogens is 1. The second kappa shape index (κ2) is 8.84. The lowest BCUT2D eigenvalue weighted by Gasteiger charge is -2.23. The van der Waals surface area contributed by atoms with Gasteiger partial charge in [-0.3, -0.25) is 9.20 Å². The molecule has 1 atom stereocenters. The number of amides is 1. The monoisotopic (exact) mass is 490 g/mol. The van der Waals surface area contributed by atoms with Gasteiger partial charge in [-0.15, -0.1) is 0 Å². The minimum absolute atomic E-state index is 0.128. The molecule has 1 saturated heterocycles. The number of pyridine rings is 2. The predicted octanol–water partition coefficient (Wildman–Crippen LogP) is 3.23. The summed E-state index contributed by atoms with van der Waals surface area (Å²) in [4.78, 5) is 23.8. The number of hydrogen-bond acceptors (Lipinski definition) is 7. The topological polar surface area (TPSA) is 104 Å². The predicted molar refractivity (Wildman–Crippen MR) is 133 cm³/mol. The first-order valence-corrected chi connectivity index (χ1v) is 11.8. The molecule has 1 fully saturated rings. The van der Waals surface area contributed by atoms with E-state index in [0.717, 1.165) is 28.2 Å². The lowest BCUT2D eigenvalue weighted by molar-refractivity contribution is 0.0597. The Bertz CT molecular complexity index is 1420. The van der Waals surface area contributed by atoms with Crippen LogP contribution in [0.4, 0.5) is 17.2 Å². The molecule has 0 unspecified atom stereocenters. The molecule has 2 aliphatic rings. The van der Waals surface area contributed by atoms with Crippen LogP contribution in [0.25, 0.3) is 16.9 Å². The van der Waals surface area contributed by atoms with Gasteiger partial charge in [-0.2, -0.15) is 0 Å². The number of β-amino-alcohol motifs (C(OH)–C–C–N with tert-alkyl or cyclic N) is 1. The van der Waals surface area contributed by atoms with Crippen LogP contribution in [0.15, 0.2) is 55.0 Å². The smallest absolute Gasteiger partial charge is 0.254 e. The Labute approximate surface area is 206 Å². The molecule has 2 aliphatic heterocycles. The number of benzene rings is 1. The number of nitrogens with zero attached hydrogens (tertiary/aromatic N) is 4. The molecule has 1 amide bonds. The van der Waals surface area contributed by atoms with Crippen molar-refractivity contribution < 1.29 is 14.6 Å². The first-order valence-electron chi connectivity index (χ1n) is 11.4. The molecule has 10 heteroatoms. The van der Waals surface area contributed by atoms with Gasteiger partial charge in [0.25, 0.3) is 5.91 Å². The molecule has 0 aliphatic carbocycles. The SMILES string of the molecule is O=C1NCc2c(-c3cnc4cc(Cl)ccn34)ccc(Nc3ccc(N4CCOC[C@@H](O)C4)cn3)c21. The number of nitrogens with one attached hydrogen (secondary N) is 2. The van der Waals surface area contributed by atoms with Gasteiger partial charge in [0, 0.05) is 42.5 Å². The lowest BCUT2D eigenvalue weighted by atomic mass is 9.99. The van der Waals surface area contributed by atoms with Gasteiger partial charge in [0.1, 0.15) is 11.5 Å². The quantitative estimate of drug-likeness (QED) is 0.403. The fourth-order valence-corrected chi connectivity index (χ4v) is 4.81. The highest BCUT2D eigenvalue weighted by Crippen LogP contribution is 2.35. The van der Waals surface area contributed by atoms with Gasteiger partial charge < -0.3 is 25.4 Å². The van der Waals surface area contributed by atoms with Crippen molar-refractivity contribution in [1.82, 2.24) is 19.7 Å². The second-order valence-corrected chi connectivity index (χ2v) is 9.05. The zero-order valence-corrected chi connectivity index (χ0v) is 19.5. The summed E-state index contributed by atoms with van der Waals surface area (Å²) in [6.45, 7) is 2.53. The van der Waals surface area contributed by atoms with Crippen molar-refractivity contribution in [3.05, 3.63) is 71.1 Å². The van der Waals surface area contributed by atoms with Crippen LogP contribution in [-0.2, 0) is 11.3 Å². The Morgan fingerprint density at radius 3 is 2.94 bits per heavy atom. The van der Waals surface area contributed by atoms with Crippen molar-refractivity contribution in [2.75, 3.05) is 36.5 Å². The molecule has 3 aromatic heterocycles. The molecule has 178 valence electrons. The maximum absolute atomic E-state index is 12.8. The molecule has 9 nitrogen and oxygen atoms in total. The fourth-order valence-electron chi connectivity index (χ4n) is 4.66. The van der Waals surface area contributed by atoms with E-state index >= 15 is 0 Å². The molecule has 0 spiro atoms. The van der Waals surface area contributed by atoms with E-state index in [1.807, 2.05) is 40.9 Å². The highest BCUT2D eigenvalue weighted by Gasteiger charge is 2.27. The number of ether oxygens (including phenoxy) is 1. The van der Waals surface area contributed by atoms with E-state index in [1.165, 1.54) is 0 Å². The molecule has 0 saturated carbocycles. The average Bonchev–Trinajstić information content (AvgIpc) is 3.38. The third-order valence-electron chi connectivity index (χ3n) is 6.34. The minimum atomic E-state index is -0.528. The summed E-state index contributed by atoms with van der Waals surface area (Å²) in [5.74, 6) is 0.496. The normalized spacial score (nSPS) is 17.8. The minimum Gasteiger partial charge on any atom is -0.389 e. The van der Waals surface area contributed by atoms with Gasteiger partial charge in [0.2, 0.25) is 0 Å². The zero-order chi connectivity index (χ0) is 23.9. The Morgan fingerprint density at radius 1 is 1.17 bits per heavy atom. The highest BCUT2D eigenvalue weighted by atomic mass is 35.5. The number of aliphatic hydroxyl groups excluding tert-OH is 1. The number of rotatable bonds is 4. The molecule has 35 heavy (non-hydrogen) atoms. The molecule has 1 aromatic carbocycles. The number of anilines is 3. The Hall–Kier alpha value is -3.66. The van der Waals surface area contributed by atoms with E-state index in [4.69, 9.17) is 16.3 Å². The molecule has 6 rings (SSSR count). The van der Waals surface area contributed by atoms with Crippen molar-refractivity contribution in [2.45, 2.75) is 12.6 Å². The summed E-state index contributed by atoms with van der Waals surface area (Å²) in [5, 5.41) is 16.9. The van der Waals surface area contributed by atoms with Gasteiger partial charge in [-0.05, 0) is 29.8 Å². The summed E-state index contributed by atoms with van der Waals surface area (Å²) in [6.07, 6.45) is 4.91. The number of aromatic nitrogens is 3. The van der Waals surface area contributed by atoms with Gasteiger partial charge in [0.15, 0.2) is 0 Å². The maximum atomic E-state index is 12.8. The van der Waals surface area contributed by atoms with Crippen LogP contribution in [0.1, 0.15) is 15.9 Å². The third kappa shape index (κ3) is 4.07. The van der Waals surface area contributed by atoms with Crippen LogP contribution in [0.5, 0.6) is 0 Å². The van der Waals surface area contributed by atoms with E-state index in [-0.39, 0.29) is 5.91 Å². The van der Waals surface area contributed by atoms with Crippen LogP contribution in [0.3, 0.4) is 0 Å². The first kappa shape index (κ1) is 21.8. The summed E-state index contributed by atoms with van der Waals surface area (Å²) < 4.78 is 7.37. The van der Waals surface area contributed by atoms with Crippen molar-refractivity contribution in [2.24, 2.45) is 0 Å². The number of imidazole rings is 1. The third-order valence-corrected chi connectivity index (χ3v) is 6.57. The molecule has 5 heterocycles. The van der Waals surface area contributed by atoms with Gasteiger partial charge in [-0.25, -0.2) is 9.97 Å². The zero-order valence-electron chi connectivity index (χ0n) is 18.7. The Kier molecular flexibility index (Phi) is 5.52. The molecule has 3 N–H and O–H groups in total. The number of carbonyl (C=O) groups excluding carboxylic acids is 1. The molecule has 0 bridgehead atoms. The van der Waals surface area contributed by atoms with Crippen molar-refractivity contribution in [3.8, 4) is 11.3 Å². The van der Waals surface area contributed by atoms with Crippen LogP contribution < -0.4 is 15.5 Å². The lowest BCUT2D eigenvalue weighted by Crippen LogP contribution is -2.32. The van der Waals surface area contributed by atoms with E-state index < -0.39 is 6.10 Å². The largest absolute Gasteiger partial charge is 0.389 e. The molecule has 4 aromatic rings. The standard InChI is InChI=1S/C25H23ClN6O3/c26-15-5-6-32-21(12-28-23(32)9-15)18-2-3-20(24-19(18)11-29-25(24)34)30-22-4-1-16(10-27-22)31-7-8-35-14-17(33)13-31/h1-6,9-10,12,17,33H,7-8,11,13-14H2,(H,27,30)(H,29,34)/t17-/m0/s1. The van der Waals surface area contributed by atoms with Crippen LogP contribution in [0, 0.1) is 0 Å². The number of carbonyl (C=O) groups is 1. The average molecular weight is 491 g/mol. The molecule has 0 radical (unpaired) electrons. The molecular formula is C25H23ClN6O3. The van der Waals surface area contributed by atoms with E-state index in [1.54, 1.807) is 18.5 Å². The first-order chi connectivity index (χ1) is 17.1. The van der Waals surface area contributed by atoms with Crippen molar-refractivity contribution in [1.29, 1.82) is 0 Å². The van der Waals surface area contributed by atoms with Gasteiger partial charge >= 0.3 is 0 Å². The van der Waals surface area contributed by atoms with Crippen molar-refractivity contribution >= 4 is 40.3 Å².